The van der Waals surface area contributed by atoms with Gasteiger partial charge in [0.25, 0.3) is 0 Å². The Morgan fingerprint density at radius 2 is 1.89 bits per heavy atom. The third kappa shape index (κ3) is 2.32. The number of benzene rings is 1. The van der Waals surface area contributed by atoms with Crippen LogP contribution in [0.3, 0.4) is 0 Å². The largest absolute Gasteiger partial charge is 0.396 e. The SMILES string of the molecule is CCCc1ccc(C2(C(CC)CO)COC2)cc1. The molecule has 1 saturated heterocycles. The van der Waals surface area contributed by atoms with Crippen LogP contribution >= 0.6 is 0 Å². The Bertz CT molecular complexity index is 361. The van der Waals surface area contributed by atoms with Crippen LogP contribution in [0.15, 0.2) is 24.3 Å². The number of aliphatic hydroxyl groups is 1. The quantitative estimate of drug-likeness (QED) is 0.838. The van der Waals surface area contributed by atoms with E-state index in [1.165, 1.54) is 17.5 Å². The van der Waals surface area contributed by atoms with Gasteiger partial charge in [-0.25, -0.2) is 0 Å². The zero-order valence-electron chi connectivity index (χ0n) is 11.5. The van der Waals surface area contributed by atoms with Crippen LogP contribution in [0.25, 0.3) is 0 Å². The van der Waals surface area contributed by atoms with Crippen molar-refractivity contribution in [1.29, 1.82) is 0 Å². The maximum Gasteiger partial charge on any atom is 0.0589 e. The summed E-state index contributed by atoms with van der Waals surface area (Å²) in [4.78, 5) is 0. The number of ether oxygens (including phenoxy) is 1. The molecule has 1 N–H and O–H groups in total. The highest BCUT2D eigenvalue weighted by atomic mass is 16.5. The van der Waals surface area contributed by atoms with Crippen molar-refractivity contribution in [3.63, 3.8) is 0 Å². The molecule has 1 unspecified atom stereocenters. The maximum absolute atomic E-state index is 9.57. The summed E-state index contributed by atoms with van der Waals surface area (Å²) in [6.45, 7) is 6.09. The lowest BCUT2D eigenvalue weighted by Crippen LogP contribution is -2.53. The van der Waals surface area contributed by atoms with E-state index < -0.39 is 0 Å². The van der Waals surface area contributed by atoms with E-state index in [1.807, 2.05) is 0 Å². The molecule has 1 fully saturated rings. The van der Waals surface area contributed by atoms with Crippen LogP contribution in [0.5, 0.6) is 0 Å². The van der Waals surface area contributed by atoms with Crippen molar-refractivity contribution in [2.24, 2.45) is 5.92 Å². The van der Waals surface area contributed by atoms with Crippen LogP contribution in [-0.2, 0) is 16.6 Å². The van der Waals surface area contributed by atoms with Crippen molar-refractivity contribution in [2.45, 2.75) is 38.5 Å². The predicted octanol–water partition coefficient (Wildman–Crippen LogP) is 2.93. The van der Waals surface area contributed by atoms with Gasteiger partial charge < -0.3 is 9.84 Å². The van der Waals surface area contributed by atoms with E-state index in [4.69, 9.17) is 4.74 Å². The monoisotopic (exact) mass is 248 g/mol. The average Bonchev–Trinajstić information content (AvgIpc) is 2.35. The molecule has 1 aromatic rings. The number of hydrogen-bond donors (Lipinski definition) is 1. The van der Waals surface area contributed by atoms with Crippen molar-refractivity contribution in [3.8, 4) is 0 Å². The standard InChI is InChI=1S/C16H24O2/c1-3-5-13-6-8-15(9-7-13)16(11-18-12-16)14(4-2)10-17/h6-9,14,17H,3-5,10-12H2,1-2H3. The first kappa shape index (κ1) is 13.6. The Kier molecular flexibility index (Phi) is 4.41. The molecule has 0 aliphatic carbocycles. The lowest BCUT2D eigenvalue weighted by molar-refractivity contribution is -0.101. The Labute approximate surface area is 110 Å². The van der Waals surface area contributed by atoms with Gasteiger partial charge in [0, 0.05) is 12.0 Å². The van der Waals surface area contributed by atoms with Gasteiger partial charge in [-0.3, -0.25) is 0 Å². The Morgan fingerprint density at radius 1 is 1.22 bits per heavy atom. The fourth-order valence-corrected chi connectivity index (χ4v) is 2.95. The van der Waals surface area contributed by atoms with E-state index in [-0.39, 0.29) is 12.0 Å². The van der Waals surface area contributed by atoms with Crippen LogP contribution in [0.1, 0.15) is 37.8 Å². The summed E-state index contributed by atoms with van der Waals surface area (Å²) in [7, 11) is 0. The van der Waals surface area contributed by atoms with Gasteiger partial charge >= 0.3 is 0 Å². The maximum atomic E-state index is 9.57. The summed E-state index contributed by atoms with van der Waals surface area (Å²) in [5.74, 6) is 0.309. The molecule has 2 rings (SSSR count). The van der Waals surface area contributed by atoms with Crippen LogP contribution in [0.4, 0.5) is 0 Å². The summed E-state index contributed by atoms with van der Waals surface area (Å²) < 4.78 is 5.44. The van der Waals surface area contributed by atoms with Crippen LogP contribution in [0.2, 0.25) is 0 Å². The van der Waals surface area contributed by atoms with Crippen molar-refractivity contribution in [1.82, 2.24) is 0 Å². The second kappa shape index (κ2) is 5.85. The topological polar surface area (TPSA) is 29.5 Å². The number of aliphatic hydroxyl groups excluding tert-OH is 1. The molecule has 0 spiro atoms. The average molecular weight is 248 g/mol. The molecule has 2 heteroatoms. The second-order valence-corrected chi connectivity index (χ2v) is 5.38. The van der Waals surface area contributed by atoms with Crippen LogP contribution in [0, 0.1) is 5.92 Å². The fourth-order valence-electron chi connectivity index (χ4n) is 2.95. The van der Waals surface area contributed by atoms with Gasteiger partial charge in [-0.1, -0.05) is 51.0 Å². The van der Waals surface area contributed by atoms with E-state index in [9.17, 15) is 5.11 Å². The van der Waals surface area contributed by atoms with Crippen molar-refractivity contribution in [3.05, 3.63) is 35.4 Å². The van der Waals surface area contributed by atoms with E-state index in [1.54, 1.807) is 0 Å². The van der Waals surface area contributed by atoms with E-state index in [0.717, 1.165) is 26.1 Å². The van der Waals surface area contributed by atoms with Gasteiger partial charge in [0.2, 0.25) is 0 Å². The van der Waals surface area contributed by atoms with E-state index >= 15 is 0 Å². The molecule has 2 nitrogen and oxygen atoms in total. The van der Waals surface area contributed by atoms with Gasteiger partial charge in [0.1, 0.15) is 0 Å². The first-order chi connectivity index (χ1) is 8.76. The molecule has 0 amide bonds. The lowest BCUT2D eigenvalue weighted by Gasteiger charge is -2.47. The van der Waals surface area contributed by atoms with Gasteiger partial charge in [-0.2, -0.15) is 0 Å². The van der Waals surface area contributed by atoms with Gasteiger partial charge in [-0.15, -0.1) is 0 Å². The molecule has 100 valence electrons. The van der Waals surface area contributed by atoms with Gasteiger partial charge in [0.15, 0.2) is 0 Å². The number of hydrogen-bond acceptors (Lipinski definition) is 2. The number of aryl methyl sites for hydroxylation is 1. The van der Waals surface area contributed by atoms with E-state index in [2.05, 4.69) is 38.1 Å². The first-order valence-corrected chi connectivity index (χ1v) is 7.04. The summed E-state index contributed by atoms with van der Waals surface area (Å²) in [6.07, 6.45) is 3.32. The highest BCUT2D eigenvalue weighted by Crippen LogP contribution is 2.41. The van der Waals surface area contributed by atoms with Crippen LogP contribution in [-0.4, -0.2) is 24.9 Å². The third-order valence-electron chi connectivity index (χ3n) is 4.28. The van der Waals surface area contributed by atoms with Crippen molar-refractivity contribution >= 4 is 0 Å². The second-order valence-electron chi connectivity index (χ2n) is 5.38. The third-order valence-corrected chi connectivity index (χ3v) is 4.28. The summed E-state index contributed by atoms with van der Waals surface area (Å²) in [5.41, 5.74) is 2.78. The summed E-state index contributed by atoms with van der Waals surface area (Å²) >= 11 is 0. The fraction of sp³-hybridized carbons (Fsp3) is 0.625. The minimum absolute atomic E-state index is 0.0498. The Balaban J connectivity index is 2.22. The molecule has 0 radical (unpaired) electrons. The molecule has 1 aliphatic rings. The normalized spacial score (nSPS) is 19.3. The molecule has 0 aromatic heterocycles. The first-order valence-electron chi connectivity index (χ1n) is 7.04. The lowest BCUT2D eigenvalue weighted by atomic mass is 9.68. The molecular formula is C16H24O2. The Morgan fingerprint density at radius 3 is 2.28 bits per heavy atom. The summed E-state index contributed by atoms with van der Waals surface area (Å²) in [6, 6.07) is 8.91. The minimum atomic E-state index is 0.0498. The Hall–Kier alpha value is -0.860. The number of rotatable bonds is 6. The molecule has 0 bridgehead atoms. The minimum Gasteiger partial charge on any atom is -0.396 e. The zero-order chi connectivity index (χ0) is 13.0. The van der Waals surface area contributed by atoms with Crippen LogP contribution < -0.4 is 0 Å². The molecule has 1 heterocycles. The smallest absolute Gasteiger partial charge is 0.0589 e. The highest BCUT2D eigenvalue weighted by Gasteiger charge is 2.45. The molecule has 0 saturated carbocycles. The molecular weight excluding hydrogens is 224 g/mol. The molecule has 1 atom stereocenters. The highest BCUT2D eigenvalue weighted by molar-refractivity contribution is 5.32. The van der Waals surface area contributed by atoms with Gasteiger partial charge in [0.05, 0.1) is 13.2 Å². The van der Waals surface area contributed by atoms with E-state index in [0.29, 0.717) is 5.92 Å². The van der Waals surface area contributed by atoms with Crippen molar-refractivity contribution in [2.75, 3.05) is 19.8 Å². The van der Waals surface area contributed by atoms with Gasteiger partial charge in [-0.05, 0) is 23.5 Å². The van der Waals surface area contributed by atoms with Crippen molar-refractivity contribution < 1.29 is 9.84 Å². The molecule has 1 aromatic carbocycles. The predicted molar refractivity (Wildman–Crippen MR) is 73.8 cm³/mol. The zero-order valence-corrected chi connectivity index (χ0v) is 11.5. The molecule has 18 heavy (non-hydrogen) atoms. The summed E-state index contributed by atoms with van der Waals surface area (Å²) in [5, 5.41) is 9.57. The molecule has 1 aliphatic heterocycles.